The van der Waals surface area contributed by atoms with Crippen molar-refractivity contribution >= 4 is 30.4 Å². The van der Waals surface area contributed by atoms with Gasteiger partial charge in [-0.3, -0.25) is 4.79 Å². The van der Waals surface area contributed by atoms with Gasteiger partial charge in [-0.05, 0) is 74.6 Å². The molecule has 0 radical (unpaired) electrons. The number of nitrogens with two attached hydrogens (primary N) is 1. The molecule has 0 aromatic heterocycles. The van der Waals surface area contributed by atoms with E-state index in [1.54, 1.807) is 12.2 Å². The number of carbonyl (C=O) groups excluding carboxylic acids is 1. The third-order valence-corrected chi connectivity index (χ3v) is 6.87. The minimum atomic E-state index is -1.37. The number of allylic oxidation sites excluding steroid dienone is 2. The average Bonchev–Trinajstić information content (AvgIpc) is 3.21. The Morgan fingerprint density at radius 2 is 1.38 bits per heavy atom. The third-order valence-electron chi connectivity index (χ3n) is 6.87. The maximum Gasteiger partial charge on any atom is 0.408 e. The lowest BCUT2D eigenvalue weighted by atomic mass is 9.95. The lowest BCUT2D eigenvalue weighted by Crippen LogP contribution is -2.52. The van der Waals surface area contributed by atoms with Crippen LogP contribution < -0.4 is 11.1 Å². The molecule has 2 aromatic rings. The number of carboxylic acids is 2. The first kappa shape index (κ1) is 34.4. The molecular weight excluding hydrogens is 532 g/mol. The molecule has 0 fully saturated rings. The van der Waals surface area contributed by atoms with Gasteiger partial charge in [0.25, 0.3) is 0 Å². The second kappa shape index (κ2) is 15.8. The highest BCUT2D eigenvalue weighted by atomic mass is 35.5. The van der Waals surface area contributed by atoms with Gasteiger partial charge in [-0.15, -0.1) is 25.6 Å². The molecule has 2 aromatic carbocycles. The van der Waals surface area contributed by atoms with Crippen molar-refractivity contribution in [1.82, 2.24) is 5.32 Å². The Morgan fingerprint density at radius 3 is 1.82 bits per heavy atom. The van der Waals surface area contributed by atoms with Crippen LogP contribution in [0.5, 0.6) is 0 Å². The smallest absolute Gasteiger partial charge is 0.408 e. The van der Waals surface area contributed by atoms with E-state index < -0.39 is 29.1 Å². The fourth-order valence-corrected chi connectivity index (χ4v) is 4.40. The fraction of sp³-hybridized carbons (Fsp3) is 0.387. The molecule has 0 aliphatic heterocycles. The van der Waals surface area contributed by atoms with Crippen molar-refractivity contribution in [3.05, 3.63) is 85.0 Å². The van der Waals surface area contributed by atoms with Crippen molar-refractivity contribution in [1.29, 1.82) is 0 Å². The zero-order valence-electron chi connectivity index (χ0n) is 23.2. The minimum Gasteiger partial charge on any atom is -0.480 e. The zero-order valence-corrected chi connectivity index (χ0v) is 24.0. The molecule has 9 heteroatoms. The number of carboxylic acid groups (broad SMARTS) is 2. The number of hydrogen-bond donors (Lipinski definition) is 4. The summed E-state index contributed by atoms with van der Waals surface area (Å²) < 4.78 is 5.46. The second-order valence-electron chi connectivity index (χ2n) is 10.2. The van der Waals surface area contributed by atoms with Crippen LogP contribution in [-0.4, -0.2) is 45.9 Å². The zero-order chi connectivity index (χ0) is 29.1. The number of ether oxygens (including phenoxy) is 1. The summed E-state index contributed by atoms with van der Waals surface area (Å²) in [6.07, 6.45) is 6.49. The van der Waals surface area contributed by atoms with Gasteiger partial charge in [0.2, 0.25) is 0 Å². The topological polar surface area (TPSA) is 139 Å². The average molecular weight is 573 g/mol. The van der Waals surface area contributed by atoms with Crippen LogP contribution in [-0.2, 0) is 14.3 Å². The van der Waals surface area contributed by atoms with Crippen LogP contribution in [0.25, 0.3) is 11.1 Å². The molecule has 1 amide bonds. The van der Waals surface area contributed by atoms with Crippen molar-refractivity contribution in [2.24, 2.45) is 5.73 Å². The van der Waals surface area contributed by atoms with Crippen molar-refractivity contribution < 1.29 is 29.3 Å². The monoisotopic (exact) mass is 572 g/mol. The summed E-state index contributed by atoms with van der Waals surface area (Å²) in [5, 5.41) is 20.6. The minimum absolute atomic E-state index is 0. The van der Waals surface area contributed by atoms with Gasteiger partial charge < -0.3 is 26.0 Å². The van der Waals surface area contributed by atoms with Gasteiger partial charge in [0.05, 0.1) is 0 Å². The number of alkyl carbamates (subject to hydrolysis) is 1. The van der Waals surface area contributed by atoms with Gasteiger partial charge in [0.15, 0.2) is 0 Å². The normalized spacial score (nSPS) is 14.4. The van der Waals surface area contributed by atoms with Crippen LogP contribution in [0.3, 0.4) is 0 Å². The highest BCUT2D eigenvalue weighted by Crippen LogP contribution is 2.44. The van der Waals surface area contributed by atoms with E-state index in [-0.39, 0.29) is 24.9 Å². The quantitative estimate of drug-likeness (QED) is 0.163. The summed E-state index contributed by atoms with van der Waals surface area (Å²) in [6.45, 7) is 10.4. The van der Waals surface area contributed by atoms with Gasteiger partial charge in [-0.2, -0.15) is 0 Å². The molecule has 0 spiro atoms. The predicted octanol–water partition coefficient (Wildman–Crippen LogP) is 6.29. The maximum atomic E-state index is 12.4. The molecule has 0 saturated carbocycles. The molecule has 5 N–H and O–H groups in total. The molecule has 2 atom stereocenters. The Balaban J connectivity index is 0.000000569. The Hall–Kier alpha value is -3.62. The molecule has 218 valence electrons. The van der Waals surface area contributed by atoms with Crippen LogP contribution in [0, 0.1) is 0 Å². The van der Waals surface area contributed by atoms with E-state index in [4.69, 9.17) is 15.6 Å². The van der Waals surface area contributed by atoms with E-state index in [1.165, 1.54) is 13.8 Å². The maximum absolute atomic E-state index is 12.4. The van der Waals surface area contributed by atoms with E-state index in [1.807, 2.05) is 36.4 Å². The van der Waals surface area contributed by atoms with Crippen LogP contribution in [0.2, 0.25) is 0 Å². The lowest BCUT2D eigenvalue weighted by molar-refractivity contribution is -0.144. The Bertz CT molecular complexity index is 1140. The standard InChI is InChI=1S/C23H25NO4.C8H15NO2.ClH/c1-3-4-9-14-23(2,21(25)26)24-22(27)28-15-20-18-12-7-5-10-16(18)17-11-6-8-13-19(17)20;1-3-4-5-6-8(2,9)7(10)11;/h3,5-8,10-13,20H,1,4,9,14-15H2,2H3,(H,24,27)(H,25,26);3H,1,4-6,9H2,2H3,(H,10,11);1H/t23-;8-;/m00./s1. The molecule has 8 nitrogen and oxygen atoms in total. The predicted molar refractivity (Wildman–Crippen MR) is 160 cm³/mol. The number of carbonyl (C=O) groups is 3. The summed E-state index contributed by atoms with van der Waals surface area (Å²) in [5.74, 6) is -2.08. The molecule has 1 aliphatic rings. The largest absolute Gasteiger partial charge is 0.480 e. The first-order chi connectivity index (χ1) is 18.5. The number of rotatable bonds is 13. The third kappa shape index (κ3) is 9.24. The fourth-order valence-electron chi connectivity index (χ4n) is 4.40. The van der Waals surface area contributed by atoms with Crippen molar-refractivity contribution in [3.63, 3.8) is 0 Å². The first-order valence-electron chi connectivity index (χ1n) is 13.1. The van der Waals surface area contributed by atoms with E-state index in [2.05, 4.69) is 30.6 Å². The van der Waals surface area contributed by atoms with Gasteiger partial charge >= 0.3 is 18.0 Å². The summed E-state index contributed by atoms with van der Waals surface area (Å²) in [5.41, 5.74) is 7.54. The summed E-state index contributed by atoms with van der Waals surface area (Å²) >= 11 is 0. The highest BCUT2D eigenvalue weighted by Gasteiger charge is 2.36. The van der Waals surface area contributed by atoms with Crippen LogP contribution in [0.4, 0.5) is 4.79 Å². The molecule has 3 rings (SSSR count). The number of fused-ring (bicyclic) bond motifs is 3. The molecule has 40 heavy (non-hydrogen) atoms. The number of nitrogens with one attached hydrogen (secondary N) is 1. The molecule has 1 aliphatic carbocycles. The Kier molecular flexibility index (Phi) is 13.6. The summed E-state index contributed by atoms with van der Waals surface area (Å²) in [4.78, 5) is 34.5. The first-order valence-corrected chi connectivity index (χ1v) is 13.1. The van der Waals surface area contributed by atoms with E-state index in [0.717, 1.165) is 35.1 Å². The molecule has 0 unspecified atom stereocenters. The SMILES string of the molecule is C=CCCC[C@](C)(N)C(=O)O.C=CCCC[C@](C)(NC(=O)OCC1c2ccccc2-c2ccccc21)C(=O)O.Cl. The van der Waals surface area contributed by atoms with E-state index >= 15 is 0 Å². The number of hydrogen-bond acceptors (Lipinski definition) is 5. The van der Waals surface area contributed by atoms with Gasteiger partial charge in [-0.1, -0.05) is 60.7 Å². The number of aliphatic carboxylic acids is 2. The molecule has 0 bridgehead atoms. The van der Waals surface area contributed by atoms with Crippen LogP contribution >= 0.6 is 12.4 Å². The van der Waals surface area contributed by atoms with Crippen molar-refractivity contribution in [3.8, 4) is 11.1 Å². The highest BCUT2D eigenvalue weighted by molar-refractivity contribution is 5.85. The Labute approximate surface area is 242 Å². The van der Waals surface area contributed by atoms with Crippen molar-refractivity contribution in [2.45, 2.75) is 69.4 Å². The van der Waals surface area contributed by atoms with E-state index in [0.29, 0.717) is 25.7 Å². The number of amides is 1. The number of benzene rings is 2. The van der Waals surface area contributed by atoms with E-state index in [9.17, 15) is 19.5 Å². The van der Waals surface area contributed by atoms with Crippen LogP contribution in [0.1, 0.15) is 69.4 Å². The lowest BCUT2D eigenvalue weighted by Gasteiger charge is -2.26. The molecule has 0 saturated heterocycles. The van der Waals surface area contributed by atoms with Gasteiger partial charge in [-0.25, -0.2) is 9.59 Å². The van der Waals surface area contributed by atoms with Crippen LogP contribution in [0.15, 0.2) is 73.8 Å². The number of halogens is 1. The van der Waals surface area contributed by atoms with Crippen molar-refractivity contribution in [2.75, 3.05) is 6.61 Å². The van der Waals surface area contributed by atoms with Gasteiger partial charge in [0.1, 0.15) is 17.7 Å². The Morgan fingerprint density at radius 1 is 0.900 bits per heavy atom. The summed E-state index contributed by atoms with van der Waals surface area (Å²) in [7, 11) is 0. The molecule has 0 heterocycles. The number of unbranched alkanes of at least 4 members (excludes halogenated alkanes) is 2. The summed E-state index contributed by atoms with van der Waals surface area (Å²) in [6, 6.07) is 16.1. The van der Waals surface area contributed by atoms with Gasteiger partial charge in [0, 0.05) is 5.92 Å². The molecular formula is C31H41ClN2O6. The second-order valence-corrected chi connectivity index (χ2v) is 10.2.